The Hall–Kier alpha value is -3.04. The van der Waals surface area contributed by atoms with Gasteiger partial charge in [-0.3, -0.25) is 24.6 Å². The monoisotopic (exact) mass is 410 g/mol. The zero-order valence-corrected chi connectivity index (χ0v) is 16.3. The Kier molecular flexibility index (Phi) is 4.93. The molecule has 0 saturated heterocycles. The van der Waals surface area contributed by atoms with Crippen LogP contribution in [-0.2, 0) is 5.75 Å². The Labute approximate surface area is 168 Å². The van der Waals surface area contributed by atoms with Gasteiger partial charge in [0, 0.05) is 18.4 Å². The molecule has 0 aliphatic carbocycles. The van der Waals surface area contributed by atoms with E-state index in [0.29, 0.717) is 10.7 Å². The molecule has 28 heavy (non-hydrogen) atoms. The van der Waals surface area contributed by atoms with Crippen molar-refractivity contribution in [3.05, 3.63) is 70.8 Å². The number of nitrogens with zero attached hydrogens (tertiary/aromatic N) is 3. The van der Waals surface area contributed by atoms with Gasteiger partial charge in [-0.25, -0.2) is 0 Å². The molecule has 0 spiro atoms. The van der Waals surface area contributed by atoms with Crippen LogP contribution in [0.3, 0.4) is 0 Å². The fourth-order valence-electron chi connectivity index (χ4n) is 2.71. The minimum absolute atomic E-state index is 0.233. The van der Waals surface area contributed by atoms with Crippen LogP contribution in [0.1, 0.15) is 36.6 Å². The van der Waals surface area contributed by atoms with Crippen LogP contribution < -0.4 is 5.32 Å². The van der Waals surface area contributed by atoms with Gasteiger partial charge in [0.2, 0.25) is 5.13 Å². The van der Waals surface area contributed by atoms with Gasteiger partial charge in [0.15, 0.2) is 4.34 Å². The highest BCUT2D eigenvalue weighted by molar-refractivity contribution is 8.00. The molecule has 0 fully saturated rings. The highest BCUT2D eigenvalue weighted by Crippen LogP contribution is 2.29. The largest absolute Gasteiger partial charge is 0.296 e. The first-order valence-corrected chi connectivity index (χ1v) is 10.1. The summed E-state index contributed by atoms with van der Waals surface area (Å²) in [6.07, 6.45) is 0. The summed E-state index contributed by atoms with van der Waals surface area (Å²) in [7, 11) is 1.42. The predicted octanol–water partition coefficient (Wildman–Crippen LogP) is 3.31. The first-order chi connectivity index (χ1) is 13.5. The number of rotatable bonds is 5. The van der Waals surface area contributed by atoms with E-state index in [0.717, 1.165) is 15.0 Å². The minimum Gasteiger partial charge on any atom is -0.296 e. The van der Waals surface area contributed by atoms with E-state index in [1.165, 1.54) is 42.1 Å². The smallest absolute Gasteiger partial charge is 0.261 e. The van der Waals surface area contributed by atoms with Gasteiger partial charge in [-0.2, -0.15) is 0 Å². The van der Waals surface area contributed by atoms with Crippen molar-refractivity contribution in [3.8, 4) is 0 Å². The second-order valence-electron chi connectivity index (χ2n) is 6.03. The van der Waals surface area contributed by atoms with E-state index in [1.54, 1.807) is 11.8 Å². The Morgan fingerprint density at radius 3 is 2.61 bits per heavy atom. The van der Waals surface area contributed by atoms with Gasteiger partial charge in [0.25, 0.3) is 17.7 Å². The van der Waals surface area contributed by atoms with Crippen molar-refractivity contribution in [2.45, 2.75) is 10.1 Å². The van der Waals surface area contributed by atoms with Crippen LogP contribution in [0, 0.1) is 0 Å². The van der Waals surface area contributed by atoms with E-state index in [4.69, 9.17) is 0 Å². The molecule has 4 rings (SSSR count). The SMILES string of the molecule is CN1C(=O)c2ccc(C(=O)Nc3nnc(SCc4ccccc4)s3)cc2C1=O. The number of anilines is 1. The van der Waals surface area contributed by atoms with Crippen molar-refractivity contribution < 1.29 is 14.4 Å². The number of nitrogens with one attached hydrogen (secondary N) is 1. The van der Waals surface area contributed by atoms with Crippen LogP contribution >= 0.6 is 23.1 Å². The van der Waals surface area contributed by atoms with Crippen LogP contribution in [0.25, 0.3) is 0 Å². The lowest BCUT2D eigenvalue weighted by Gasteiger charge is -2.03. The van der Waals surface area contributed by atoms with Crippen LogP contribution in [0.2, 0.25) is 0 Å². The number of carbonyl (C=O) groups is 3. The number of imide groups is 1. The molecule has 0 bridgehead atoms. The number of hydrogen-bond donors (Lipinski definition) is 1. The third-order valence-corrected chi connectivity index (χ3v) is 6.23. The molecular weight excluding hydrogens is 396 g/mol. The van der Waals surface area contributed by atoms with Gasteiger partial charge in [-0.1, -0.05) is 53.4 Å². The summed E-state index contributed by atoms with van der Waals surface area (Å²) < 4.78 is 0.746. The maximum absolute atomic E-state index is 12.5. The highest BCUT2D eigenvalue weighted by Gasteiger charge is 2.33. The Bertz CT molecular complexity index is 1080. The first kappa shape index (κ1) is 18.3. The van der Waals surface area contributed by atoms with E-state index in [-0.39, 0.29) is 17.0 Å². The summed E-state index contributed by atoms with van der Waals surface area (Å²) in [4.78, 5) is 37.5. The fourth-order valence-corrected chi connectivity index (χ4v) is 4.41. The molecule has 7 nitrogen and oxygen atoms in total. The Morgan fingerprint density at radius 1 is 1.07 bits per heavy atom. The quantitative estimate of drug-likeness (QED) is 0.394. The third kappa shape index (κ3) is 3.54. The van der Waals surface area contributed by atoms with Crippen LogP contribution in [0.15, 0.2) is 52.9 Å². The van der Waals surface area contributed by atoms with Crippen molar-refractivity contribution in [1.82, 2.24) is 15.1 Å². The summed E-state index contributed by atoms with van der Waals surface area (Å²) in [5, 5.41) is 11.1. The molecule has 0 radical (unpaired) electrons. The topological polar surface area (TPSA) is 92.3 Å². The van der Waals surface area contributed by atoms with Crippen LogP contribution in [0.5, 0.6) is 0 Å². The van der Waals surface area contributed by atoms with Crippen molar-refractivity contribution in [2.75, 3.05) is 12.4 Å². The molecule has 0 unspecified atom stereocenters. The molecule has 1 aliphatic rings. The summed E-state index contributed by atoms with van der Waals surface area (Å²) >= 11 is 2.82. The molecule has 2 aromatic carbocycles. The van der Waals surface area contributed by atoms with Gasteiger partial charge >= 0.3 is 0 Å². The molecule has 1 aromatic heterocycles. The number of aromatic nitrogens is 2. The number of amides is 3. The lowest BCUT2D eigenvalue weighted by molar-refractivity contribution is 0.0693. The van der Waals surface area contributed by atoms with Crippen molar-refractivity contribution >= 4 is 46.0 Å². The second-order valence-corrected chi connectivity index (χ2v) is 8.23. The van der Waals surface area contributed by atoms with E-state index in [9.17, 15) is 14.4 Å². The fraction of sp³-hybridized carbons (Fsp3) is 0.105. The molecule has 3 aromatic rings. The lowest BCUT2D eigenvalue weighted by Crippen LogP contribution is -2.24. The maximum Gasteiger partial charge on any atom is 0.261 e. The minimum atomic E-state index is -0.412. The molecule has 3 amide bonds. The number of benzene rings is 2. The summed E-state index contributed by atoms with van der Waals surface area (Å²) in [5.74, 6) is -0.424. The number of fused-ring (bicyclic) bond motifs is 1. The second kappa shape index (κ2) is 7.53. The third-order valence-electron chi connectivity index (χ3n) is 4.18. The lowest BCUT2D eigenvalue weighted by atomic mass is 10.1. The standard InChI is InChI=1S/C19H14N4O3S2/c1-23-16(25)13-8-7-12(9-14(13)17(23)26)15(24)20-18-21-22-19(28-18)27-10-11-5-3-2-4-6-11/h2-9H,10H2,1H3,(H,20,21,24). The molecule has 2 heterocycles. The first-order valence-electron chi connectivity index (χ1n) is 8.31. The average Bonchev–Trinajstić information content (AvgIpc) is 3.25. The average molecular weight is 410 g/mol. The van der Waals surface area contributed by atoms with Gasteiger partial charge in [-0.05, 0) is 23.8 Å². The van der Waals surface area contributed by atoms with Crippen molar-refractivity contribution in [3.63, 3.8) is 0 Å². The normalized spacial score (nSPS) is 13.0. The van der Waals surface area contributed by atoms with E-state index >= 15 is 0 Å². The maximum atomic E-state index is 12.5. The Balaban J connectivity index is 1.43. The molecule has 1 N–H and O–H groups in total. The van der Waals surface area contributed by atoms with Crippen molar-refractivity contribution in [1.29, 1.82) is 0 Å². The molecule has 9 heteroatoms. The Morgan fingerprint density at radius 2 is 1.82 bits per heavy atom. The van der Waals surface area contributed by atoms with Gasteiger partial charge in [0.05, 0.1) is 11.1 Å². The van der Waals surface area contributed by atoms with E-state index < -0.39 is 11.8 Å². The van der Waals surface area contributed by atoms with E-state index in [1.807, 2.05) is 30.3 Å². The summed E-state index contributed by atoms with van der Waals surface area (Å²) in [5.41, 5.74) is 2.00. The predicted molar refractivity (Wildman–Crippen MR) is 107 cm³/mol. The number of carbonyl (C=O) groups excluding carboxylic acids is 3. The molecule has 1 aliphatic heterocycles. The zero-order valence-electron chi connectivity index (χ0n) is 14.7. The molecular formula is C19H14N4O3S2. The van der Waals surface area contributed by atoms with Crippen LogP contribution in [-0.4, -0.2) is 39.9 Å². The number of hydrogen-bond acceptors (Lipinski definition) is 7. The van der Waals surface area contributed by atoms with Gasteiger partial charge < -0.3 is 0 Å². The highest BCUT2D eigenvalue weighted by atomic mass is 32.2. The molecule has 0 saturated carbocycles. The zero-order chi connectivity index (χ0) is 19.7. The summed E-state index contributed by atoms with van der Waals surface area (Å²) in [6, 6.07) is 14.4. The molecule has 0 atom stereocenters. The van der Waals surface area contributed by atoms with Gasteiger partial charge in [0.1, 0.15) is 0 Å². The van der Waals surface area contributed by atoms with Gasteiger partial charge in [-0.15, -0.1) is 10.2 Å². The number of thioether (sulfide) groups is 1. The van der Waals surface area contributed by atoms with Crippen LogP contribution in [0.4, 0.5) is 5.13 Å². The van der Waals surface area contributed by atoms with Crippen molar-refractivity contribution in [2.24, 2.45) is 0 Å². The molecule has 140 valence electrons. The van der Waals surface area contributed by atoms with E-state index in [2.05, 4.69) is 15.5 Å². The summed E-state index contributed by atoms with van der Waals surface area (Å²) in [6.45, 7) is 0.